The number of hydrogen-bond acceptors (Lipinski definition) is 4. The minimum atomic E-state index is -9.80. The van der Waals surface area contributed by atoms with Crippen molar-refractivity contribution in [2.24, 2.45) is 0 Å². The number of likely N-dealkylation sites (tertiary alicyclic amines) is 1. The van der Waals surface area contributed by atoms with Crippen molar-refractivity contribution in [2.75, 3.05) is 19.7 Å². The van der Waals surface area contributed by atoms with Gasteiger partial charge in [0.25, 0.3) is 5.91 Å². The Kier molecular flexibility index (Phi) is 5.19. The van der Waals surface area contributed by atoms with Gasteiger partial charge in [-0.15, -0.1) is 0 Å². The SMILES string of the molecule is O=C(c1ccc(S(F)(F)(F)(F)F)cc1)N1CCC(c2c(F)cnc3nc(C4CCCO4)[nH]c23)CC1. The number of nitrogens with one attached hydrogen (secondary N) is 1. The minimum Gasteiger partial charge on any atom is -0.370 e. The van der Waals surface area contributed by atoms with Gasteiger partial charge in [-0.2, -0.15) is 0 Å². The standard InChI is InChI=1S/C22H22F6N4O2S/c23-16-12-29-21-19(30-20(31-21)17-2-1-11-34-17)18(16)13-7-9-32(10-8-13)22(33)14-3-5-15(6-4-14)35(24,25,26,27)28/h3-6,12-13,17H,1-2,7-11H2,(H,29,30,31). The predicted octanol–water partition coefficient (Wildman–Crippen LogP) is 6.63. The van der Waals surface area contributed by atoms with Crippen molar-refractivity contribution in [1.29, 1.82) is 0 Å². The Hall–Kier alpha value is -2.80. The van der Waals surface area contributed by atoms with Crippen LogP contribution in [0.4, 0.5) is 23.8 Å². The van der Waals surface area contributed by atoms with Crippen molar-refractivity contribution >= 4 is 27.3 Å². The molecule has 0 saturated carbocycles. The van der Waals surface area contributed by atoms with Crippen LogP contribution in [0.15, 0.2) is 35.4 Å². The predicted molar refractivity (Wildman–Crippen MR) is 117 cm³/mol. The number of piperidine rings is 1. The van der Waals surface area contributed by atoms with E-state index in [1.165, 1.54) is 4.90 Å². The molecule has 0 radical (unpaired) electrons. The summed E-state index contributed by atoms with van der Waals surface area (Å²) in [7, 11) is -9.80. The van der Waals surface area contributed by atoms with Gasteiger partial charge in [0.05, 0.1) is 11.7 Å². The summed E-state index contributed by atoms with van der Waals surface area (Å²) in [5.41, 5.74) is 1.18. The van der Waals surface area contributed by atoms with Crippen molar-refractivity contribution in [3.05, 3.63) is 53.2 Å². The first-order valence-electron chi connectivity index (χ1n) is 11.1. The van der Waals surface area contributed by atoms with Crippen LogP contribution < -0.4 is 0 Å². The molecule has 1 atom stereocenters. The number of benzene rings is 1. The first-order chi connectivity index (χ1) is 16.3. The molecule has 2 saturated heterocycles. The van der Waals surface area contributed by atoms with Crippen LogP contribution in [0.1, 0.15) is 59.5 Å². The zero-order valence-corrected chi connectivity index (χ0v) is 19.1. The lowest BCUT2D eigenvalue weighted by Gasteiger charge is -2.40. The zero-order chi connectivity index (χ0) is 25.1. The van der Waals surface area contributed by atoms with Crippen LogP contribution >= 0.6 is 10.2 Å². The van der Waals surface area contributed by atoms with Gasteiger partial charge < -0.3 is 14.6 Å². The van der Waals surface area contributed by atoms with Gasteiger partial charge in [-0.05, 0) is 55.9 Å². The number of imidazole rings is 1. The summed E-state index contributed by atoms with van der Waals surface area (Å²) >= 11 is 0. The Labute approximate surface area is 196 Å². The number of aromatic nitrogens is 3. The summed E-state index contributed by atoms with van der Waals surface area (Å²) in [6.45, 7) is 1.08. The third-order valence-electron chi connectivity index (χ3n) is 6.50. The average Bonchev–Trinajstić information content (AvgIpc) is 3.47. The maximum atomic E-state index is 14.8. The van der Waals surface area contributed by atoms with E-state index in [1.807, 2.05) is 0 Å². The van der Waals surface area contributed by atoms with Gasteiger partial charge in [-0.1, -0.05) is 19.4 Å². The lowest BCUT2D eigenvalue weighted by molar-refractivity contribution is 0.0712. The molecule has 5 rings (SSSR count). The molecular weight excluding hydrogens is 498 g/mol. The summed E-state index contributed by atoms with van der Waals surface area (Å²) in [5, 5.41) is 0. The van der Waals surface area contributed by atoms with E-state index >= 15 is 0 Å². The number of carbonyl (C=O) groups excluding carboxylic acids is 1. The number of amides is 1. The average molecular weight is 520 g/mol. The Balaban J connectivity index is 1.32. The summed E-state index contributed by atoms with van der Waals surface area (Å²) in [6, 6.07) is 1.97. The van der Waals surface area contributed by atoms with Crippen LogP contribution in [-0.2, 0) is 4.74 Å². The number of pyridine rings is 1. The van der Waals surface area contributed by atoms with E-state index in [9.17, 15) is 28.6 Å². The lowest BCUT2D eigenvalue weighted by atomic mass is 9.88. The monoisotopic (exact) mass is 520 g/mol. The Morgan fingerprint density at radius 2 is 1.74 bits per heavy atom. The van der Waals surface area contributed by atoms with Crippen molar-refractivity contribution in [3.63, 3.8) is 0 Å². The van der Waals surface area contributed by atoms with Crippen molar-refractivity contribution in [2.45, 2.75) is 42.6 Å². The molecule has 1 amide bonds. The normalized spacial score (nSPS) is 21.8. The molecule has 0 bridgehead atoms. The topological polar surface area (TPSA) is 71.1 Å². The zero-order valence-electron chi connectivity index (χ0n) is 18.3. The van der Waals surface area contributed by atoms with Gasteiger partial charge in [0.2, 0.25) is 0 Å². The molecule has 190 valence electrons. The Bertz CT molecular complexity index is 1280. The van der Waals surface area contributed by atoms with Gasteiger partial charge in [0, 0.05) is 30.8 Å². The molecule has 0 aliphatic carbocycles. The molecular formula is C22H22F6N4O2S. The molecule has 2 aliphatic heterocycles. The maximum absolute atomic E-state index is 14.8. The molecule has 13 heteroatoms. The van der Waals surface area contributed by atoms with Crippen molar-refractivity contribution in [3.8, 4) is 0 Å². The number of fused-ring (bicyclic) bond motifs is 1. The summed E-state index contributed by atoms with van der Waals surface area (Å²) in [4.78, 5) is 23.8. The highest BCUT2D eigenvalue weighted by atomic mass is 32.5. The van der Waals surface area contributed by atoms with Crippen molar-refractivity contribution < 1.29 is 33.4 Å². The minimum absolute atomic E-state index is 0.124. The number of carbonyl (C=O) groups is 1. The maximum Gasteiger partial charge on any atom is 0.310 e. The van der Waals surface area contributed by atoms with Crippen LogP contribution in [0.3, 0.4) is 0 Å². The highest BCUT2D eigenvalue weighted by molar-refractivity contribution is 8.45. The third-order valence-corrected chi connectivity index (χ3v) is 7.66. The van der Waals surface area contributed by atoms with E-state index in [-0.39, 0.29) is 42.8 Å². The molecule has 1 N–H and O–H groups in total. The second-order valence-electron chi connectivity index (χ2n) is 8.90. The molecule has 2 fully saturated rings. The fourth-order valence-electron chi connectivity index (χ4n) is 4.72. The van der Waals surface area contributed by atoms with E-state index < -0.39 is 26.8 Å². The molecule has 3 aromatic rings. The van der Waals surface area contributed by atoms with E-state index in [1.54, 1.807) is 0 Å². The first kappa shape index (κ1) is 23.9. The molecule has 1 aromatic carbocycles. The van der Waals surface area contributed by atoms with E-state index in [0.29, 0.717) is 42.0 Å². The third kappa shape index (κ3) is 4.70. The number of halogens is 6. The number of H-pyrrole nitrogens is 1. The van der Waals surface area contributed by atoms with E-state index in [2.05, 4.69) is 15.0 Å². The second-order valence-corrected chi connectivity index (χ2v) is 11.3. The molecule has 1 unspecified atom stereocenters. The van der Waals surface area contributed by atoms with Gasteiger partial charge in [0.15, 0.2) is 5.65 Å². The fourth-order valence-corrected chi connectivity index (χ4v) is 5.37. The van der Waals surface area contributed by atoms with Gasteiger partial charge in [-0.3, -0.25) is 4.79 Å². The lowest BCUT2D eigenvalue weighted by Crippen LogP contribution is -2.38. The summed E-state index contributed by atoms with van der Waals surface area (Å²) in [6.07, 6.45) is 3.45. The van der Waals surface area contributed by atoms with Gasteiger partial charge in [-0.25, -0.2) is 14.4 Å². The molecule has 4 heterocycles. The van der Waals surface area contributed by atoms with Gasteiger partial charge in [0.1, 0.15) is 22.6 Å². The highest BCUT2D eigenvalue weighted by Crippen LogP contribution is 3.02. The van der Waals surface area contributed by atoms with Crippen LogP contribution in [0.5, 0.6) is 0 Å². The Morgan fingerprint density at radius 3 is 2.34 bits per heavy atom. The number of rotatable bonds is 4. The number of nitrogens with zero attached hydrogens (tertiary/aromatic N) is 3. The van der Waals surface area contributed by atoms with Crippen LogP contribution in [0.2, 0.25) is 0 Å². The number of hydrogen-bond donors (Lipinski definition) is 1. The van der Waals surface area contributed by atoms with Crippen LogP contribution in [0, 0.1) is 5.82 Å². The van der Waals surface area contributed by atoms with Gasteiger partial charge >= 0.3 is 10.2 Å². The molecule has 2 aliphatic rings. The Morgan fingerprint density at radius 1 is 1.06 bits per heavy atom. The first-order valence-corrected chi connectivity index (χ1v) is 13.0. The molecule has 35 heavy (non-hydrogen) atoms. The van der Waals surface area contributed by atoms with E-state index in [0.717, 1.165) is 31.2 Å². The summed E-state index contributed by atoms with van der Waals surface area (Å²) in [5.74, 6) is -0.701. The fraction of sp³-hybridized carbons (Fsp3) is 0.409. The van der Waals surface area contributed by atoms with Crippen LogP contribution in [-0.4, -0.2) is 45.5 Å². The van der Waals surface area contributed by atoms with E-state index in [4.69, 9.17) is 4.74 Å². The number of ether oxygens (including phenoxy) is 1. The smallest absolute Gasteiger partial charge is 0.310 e. The highest BCUT2D eigenvalue weighted by Gasteiger charge is 2.65. The quantitative estimate of drug-likeness (QED) is 0.392. The molecule has 6 nitrogen and oxygen atoms in total. The second kappa shape index (κ2) is 7.60. The number of aromatic amines is 1. The molecule has 0 spiro atoms. The van der Waals surface area contributed by atoms with Crippen molar-refractivity contribution in [1.82, 2.24) is 19.9 Å². The largest absolute Gasteiger partial charge is 0.370 e. The molecule has 2 aromatic heterocycles. The summed E-state index contributed by atoms with van der Waals surface area (Å²) < 4.78 is 85.1. The van der Waals surface area contributed by atoms with Crippen LogP contribution in [0.25, 0.3) is 11.2 Å².